The predicted octanol–water partition coefficient (Wildman–Crippen LogP) is 1.63. The summed E-state index contributed by atoms with van der Waals surface area (Å²) in [5.41, 5.74) is 0.550. The van der Waals surface area contributed by atoms with Crippen LogP contribution in [0.4, 0.5) is 0 Å². The molecule has 0 atom stereocenters. The number of carbonyl (C=O) groups excluding carboxylic acids is 1. The molecule has 1 heterocycles. The first kappa shape index (κ1) is 14.5. The zero-order valence-corrected chi connectivity index (χ0v) is 11.4. The van der Waals surface area contributed by atoms with Crippen molar-refractivity contribution in [3.63, 3.8) is 0 Å². The summed E-state index contributed by atoms with van der Waals surface area (Å²) in [6, 6.07) is 5.08. The maximum absolute atomic E-state index is 12.0. The Labute approximate surface area is 118 Å². The maximum atomic E-state index is 12.0. The Hall–Kier alpha value is -1.93. The second kappa shape index (κ2) is 6.49. The second-order valence-electron chi connectivity index (χ2n) is 5.45. The van der Waals surface area contributed by atoms with Gasteiger partial charge in [-0.05, 0) is 25.0 Å². The zero-order chi connectivity index (χ0) is 14.4. The number of rotatable bonds is 4. The molecule has 1 saturated carbocycles. The van der Waals surface area contributed by atoms with Crippen molar-refractivity contribution in [3.05, 3.63) is 29.6 Å². The summed E-state index contributed by atoms with van der Waals surface area (Å²) < 4.78 is 0. The van der Waals surface area contributed by atoms with Gasteiger partial charge in [0.05, 0.1) is 12.2 Å². The number of pyridine rings is 1. The van der Waals surface area contributed by atoms with Crippen LogP contribution in [0.15, 0.2) is 18.3 Å². The maximum Gasteiger partial charge on any atom is 0.269 e. The number of aliphatic hydroxyl groups is 1. The van der Waals surface area contributed by atoms with Gasteiger partial charge in [0.1, 0.15) is 11.8 Å². The Morgan fingerprint density at radius 1 is 1.40 bits per heavy atom. The monoisotopic (exact) mass is 273 g/mol. The first-order valence-corrected chi connectivity index (χ1v) is 6.94. The molecule has 2 N–H and O–H groups in total. The average Bonchev–Trinajstić information content (AvgIpc) is 2.53. The molecule has 0 aromatic carbocycles. The summed E-state index contributed by atoms with van der Waals surface area (Å²) in [5, 5.41) is 21.1. The van der Waals surface area contributed by atoms with E-state index in [9.17, 15) is 9.90 Å². The van der Waals surface area contributed by atoms with Crippen LogP contribution >= 0.6 is 0 Å². The minimum atomic E-state index is -0.257. The highest BCUT2D eigenvalue weighted by Crippen LogP contribution is 2.35. The van der Waals surface area contributed by atoms with E-state index in [4.69, 9.17) is 5.26 Å². The summed E-state index contributed by atoms with van der Waals surface area (Å²) in [4.78, 5) is 16.0. The van der Waals surface area contributed by atoms with Crippen molar-refractivity contribution >= 4 is 5.91 Å². The standard InChI is InChI=1S/C15H19N3O2/c16-8-12-4-5-13(17-9-12)14(20)18-10-15(11-19)6-2-1-3-7-15/h4-5,9,19H,1-3,6-7,10-11H2,(H,18,20). The van der Waals surface area contributed by atoms with Gasteiger partial charge >= 0.3 is 0 Å². The van der Waals surface area contributed by atoms with Crippen LogP contribution in [0, 0.1) is 16.7 Å². The number of amides is 1. The minimum Gasteiger partial charge on any atom is -0.396 e. The largest absolute Gasteiger partial charge is 0.396 e. The van der Waals surface area contributed by atoms with Gasteiger partial charge in [0.2, 0.25) is 0 Å². The van der Waals surface area contributed by atoms with Crippen molar-refractivity contribution in [2.45, 2.75) is 32.1 Å². The van der Waals surface area contributed by atoms with E-state index >= 15 is 0 Å². The molecule has 0 unspecified atom stereocenters. The number of nitrogens with one attached hydrogen (secondary N) is 1. The van der Waals surface area contributed by atoms with E-state index < -0.39 is 0 Å². The van der Waals surface area contributed by atoms with E-state index in [1.807, 2.05) is 6.07 Å². The highest BCUT2D eigenvalue weighted by Gasteiger charge is 2.31. The highest BCUT2D eigenvalue weighted by molar-refractivity contribution is 5.92. The summed E-state index contributed by atoms with van der Waals surface area (Å²) in [6.45, 7) is 0.581. The summed E-state index contributed by atoms with van der Waals surface area (Å²) >= 11 is 0. The lowest BCUT2D eigenvalue weighted by molar-refractivity contribution is 0.0715. The van der Waals surface area contributed by atoms with E-state index in [1.54, 1.807) is 12.1 Å². The van der Waals surface area contributed by atoms with Gasteiger partial charge in [-0.1, -0.05) is 19.3 Å². The van der Waals surface area contributed by atoms with Gasteiger partial charge in [-0.3, -0.25) is 4.79 Å². The van der Waals surface area contributed by atoms with Crippen LogP contribution < -0.4 is 5.32 Å². The Balaban J connectivity index is 1.95. The summed E-state index contributed by atoms with van der Waals surface area (Å²) in [6.07, 6.45) is 6.69. The molecule has 0 spiro atoms. The van der Waals surface area contributed by atoms with E-state index in [-0.39, 0.29) is 17.9 Å². The van der Waals surface area contributed by atoms with E-state index in [0.29, 0.717) is 17.8 Å². The fourth-order valence-electron chi connectivity index (χ4n) is 2.65. The molecule has 5 nitrogen and oxygen atoms in total. The third kappa shape index (κ3) is 3.34. The van der Waals surface area contributed by atoms with Crippen LogP contribution in [0.1, 0.15) is 48.2 Å². The van der Waals surface area contributed by atoms with E-state index in [1.165, 1.54) is 12.6 Å². The van der Waals surface area contributed by atoms with Crippen molar-refractivity contribution in [1.82, 2.24) is 10.3 Å². The Morgan fingerprint density at radius 3 is 2.70 bits per heavy atom. The number of nitrogens with zero attached hydrogens (tertiary/aromatic N) is 2. The number of aromatic nitrogens is 1. The van der Waals surface area contributed by atoms with Crippen LogP contribution in [-0.2, 0) is 0 Å². The quantitative estimate of drug-likeness (QED) is 0.873. The first-order valence-electron chi connectivity index (χ1n) is 6.94. The lowest BCUT2D eigenvalue weighted by Crippen LogP contribution is -2.41. The molecule has 1 aromatic heterocycles. The number of carbonyl (C=O) groups is 1. The molecule has 5 heteroatoms. The normalized spacial score (nSPS) is 17.2. The fourth-order valence-corrected chi connectivity index (χ4v) is 2.65. The zero-order valence-electron chi connectivity index (χ0n) is 11.4. The van der Waals surface area contributed by atoms with Gasteiger partial charge in [-0.25, -0.2) is 4.98 Å². The lowest BCUT2D eigenvalue weighted by Gasteiger charge is -2.35. The molecule has 1 aliphatic carbocycles. The number of nitriles is 1. The van der Waals surface area contributed by atoms with Crippen LogP contribution in [0.3, 0.4) is 0 Å². The predicted molar refractivity (Wildman–Crippen MR) is 73.9 cm³/mol. The Morgan fingerprint density at radius 2 is 2.15 bits per heavy atom. The van der Waals surface area contributed by atoms with E-state index in [2.05, 4.69) is 10.3 Å². The number of hydrogen-bond acceptors (Lipinski definition) is 4. The SMILES string of the molecule is N#Cc1ccc(C(=O)NCC2(CO)CCCCC2)nc1. The third-order valence-electron chi connectivity index (χ3n) is 4.00. The molecule has 1 amide bonds. The van der Waals surface area contributed by atoms with Gasteiger partial charge in [0.15, 0.2) is 0 Å². The topological polar surface area (TPSA) is 86.0 Å². The molecule has 1 fully saturated rings. The fraction of sp³-hybridized carbons (Fsp3) is 0.533. The first-order chi connectivity index (χ1) is 9.69. The highest BCUT2D eigenvalue weighted by atomic mass is 16.3. The molecule has 0 bridgehead atoms. The Kier molecular flexibility index (Phi) is 4.70. The van der Waals surface area contributed by atoms with E-state index in [0.717, 1.165) is 25.7 Å². The van der Waals surface area contributed by atoms with Crippen LogP contribution in [0.5, 0.6) is 0 Å². The average molecular weight is 273 g/mol. The van der Waals surface area contributed by atoms with Crippen molar-refractivity contribution in [1.29, 1.82) is 5.26 Å². The molecule has 0 aliphatic heterocycles. The van der Waals surface area contributed by atoms with Gasteiger partial charge in [0, 0.05) is 18.2 Å². The molecule has 106 valence electrons. The van der Waals surface area contributed by atoms with Crippen molar-refractivity contribution in [2.75, 3.05) is 13.2 Å². The Bertz CT molecular complexity index is 499. The van der Waals surface area contributed by atoms with Crippen molar-refractivity contribution in [2.24, 2.45) is 5.41 Å². The molecule has 20 heavy (non-hydrogen) atoms. The van der Waals surface area contributed by atoms with Crippen molar-refractivity contribution in [3.8, 4) is 6.07 Å². The second-order valence-corrected chi connectivity index (χ2v) is 5.45. The van der Waals surface area contributed by atoms with Crippen LogP contribution in [0.2, 0.25) is 0 Å². The number of hydrogen-bond donors (Lipinski definition) is 2. The molecular weight excluding hydrogens is 254 g/mol. The molecule has 0 radical (unpaired) electrons. The van der Waals surface area contributed by atoms with Gasteiger partial charge in [-0.2, -0.15) is 5.26 Å². The van der Waals surface area contributed by atoms with Gasteiger partial charge < -0.3 is 10.4 Å². The molecule has 1 aromatic rings. The van der Waals surface area contributed by atoms with Gasteiger partial charge in [-0.15, -0.1) is 0 Å². The van der Waals surface area contributed by atoms with Crippen molar-refractivity contribution < 1.29 is 9.90 Å². The molecule has 2 rings (SSSR count). The molecule has 0 saturated heterocycles. The summed E-state index contributed by atoms with van der Waals surface area (Å²) in [5.74, 6) is -0.257. The van der Waals surface area contributed by atoms with Gasteiger partial charge in [0.25, 0.3) is 5.91 Å². The van der Waals surface area contributed by atoms with Crippen LogP contribution in [0.25, 0.3) is 0 Å². The molecular formula is C15H19N3O2. The number of aliphatic hydroxyl groups excluding tert-OH is 1. The lowest BCUT2D eigenvalue weighted by atomic mass is 9.74. The van der Waals surface area contributed by atoms with Crippen LogP contribution in [-0.4, -0.2) is 29.1 Å². The minimum absolute atomic E-state index is 0.105. The third-order valence-corrected chi connectivity index (χ3v) is 4.00. The smallest absolute Gasteiger partial charge is 0.269 e. The summed E-state index contributed by atoms with van der Waals surface area (Å²) in [7, 11) is 0. The molecule has 1 aliphatic rings.